The maximum atomic E-state index is 12.2. The average Bonchev–Trinajstić information content (AvgIpc) is 2.91. The Morgan fingerprint density at radius 1 is 1.30 bits per heavy atom. The minimum atomic E-state index is -3.70. The molecule has 1 heterocycles. The van der Waals surface area contributed by atoms with E-state index in [0.29, 0.717) is 16.1 Å². The van der Waals surface area contributed by atoms with Gasteiger partial charge in [-0.1, -0.05) is 23.7 Å². The molecule has 1 aromatic carbocycles. The highest BCUT2D eigenvalue weighted by molar-refractivity contribution is 7.95. The minimum absolute atomic E-state index is 0.249. The largest absolute Gasteiger partial charge is 0.472 e. The molecule has 0 spiro atoms. The number of nitrogens with zero attached hydrogens (tertiary/aromatic N) is 1. The molecule has 0 N–H and O–H groups in total. The van der Waals surface area contributed by atoms with Crippen LogP contribution >= 0.6 is 11.6 Å². The Kier molecular flexibility index (Phi) is 4.28. The molecule has 0 fully saturated rings. The minimum Gasteiger partial charge on any atom is -0.472 e. The fourth-order valence-electron chi connectivity index (χ4n) is 1.58. The lowest BCUT2D eigenvalue weighted by molar-refractivity contribution is 0.567. The van der Waals surface area contributed by atoms with Crippen LogP contribution < -0.4 is 0 Å². The summed E-state index contributed by atoms with van der Waals surface area (Å²) in [4.78, 5) is -0.297. The molecule has 2 rings (SSSR count). The number of furan rings is 1. The summed E-state index contributed by atoms with van der Waals surface area (Å²) in [6.07, 6.45) is 4.07. The molecular formula is C14H10ClNO3S. The number of halogens is 1. The van der Waals surface area contributed by atoms with Crippen LogP contribution in [0.25, 0.3) is 6.08 Å². The lowest BCUT2D eigenvalue weighted by Crippen LogP contribution is -2.06. The quantitative estimate of drug-likeness (QED) is 0.811. The highest BCUT2D eigenvalue weighted by Crippen LogP contribution is 2.19. The highest BCUT2D eigenvalue weighted by Gasteiger charge is 2.18. The standard InChI is InChI=1S/C14H10ClNO3S/c15-13-3-1-11(2-4-13)10-20(17,18)14(8-16)7-12-5-6-19-9-12/h1-7,9H,10H2/b14-7+. The van der Waals surface area contributed by atoms with E-state index in [1.165, 1.54) is 18.6 Å². The van der Waals surface area contributed by atoms with Crippen molar-refractivity contribution in [3.05, 3.63) is 63.9 Å². The molecule has 0 saturated heterocycles. The predicted molar refractivity (Wildman–Crippen MR) is 76.4 cm³/mol. The van der Waals surface area contributed by atoms with Crippen molar-refractivity contribution in [2.45, 2.75) is 5.75 Å². The Labute approximate surface area is 121 Å². The molecular weight excluding hydrogens is 298 g/mol. The molecule has 0 aliphatic rings. The smallest absolute Gasteiger partial charge is 0.192 e. The van der Waals surface area contributed by atoms with Gasteiger partial charge in [0.2, 0.25) is 0 Å². The maximum absolute atomic E-state index is 12.2. The van der Waals surface area contributed by atoms with Crippen LogP contribution in [-0.4, -0.2) is 8.42 Å². The van der Waals surface area contributed by atoms with Crippen molar-refractivity contribution in [1.82, 2.24) is 0 Å². The first-order valence-corrected chi connectivity index (χ1v) is 7.65. The zero-order valence-electron chi connectivity index (χ0n) is 10.3. The van der Waals surface area contributed by atoms with E-state index in [-0.39, 0.29) is 10.7 Å². The molecule has 6 heteroatoms. The summed E-state index contributed by atoms with van der Waals surface area (Å²) in [7, 11) is -3.70. The van der Waals surface area contributed by atoms with E-state index < -0.39 is 9.84 Å². The van der Waals surface area contributed by atoms with Crippen molar-refractivity contribution >= 4 is 27.5 Å². The van der Waals surface area contributed by atoms with Crippen molar-refractivity contribution in [3.63, 3.8) is 0 Å². The van der Waals surface area contributed by atoms with Gasteiger partial charge in [-0.05, 0) is 29.8 Å². The summed E-state index contributed by atoms with van der Waals surface area (Å²) >= 11 is 5.74. The number of sulfone groups is 1. The number of nitriles is 1. The Balaban J connectivity index is 2.29. The molecule has 0 aliphatic carbocycles. The van der Waals surface area contributed by atoms with E-state index in [1.54, 1.807) is 36.4 Å². The van der Waals surface area contributed by atoms with Gasteiger partial charge >= 0.3 is 0 Å². The lowest BCUT2D eigenvalue weighted by Gasteiger charge is -2.03. The molecule has 0 saturated carbocycles. The fraction of sp³-hybridized carbons (Fsp3) is 0.0714. The second-order valence-corrected chi connectivity index (χ2v) is 6.46. The van der Waals surface area contributed by atoms with Crippen LogP contribution in [0.2, 0.25) is 5.02 Å². The third-order valence-corrected chi connectivity index (χ3v) is 4.40. The monoisotopic (exact) mass is 307 g/mol. The van der Waals surface area contributed by atoms with Crippen molar-refractivity contribution < 1.29 is 12.8 Å². The van der Waals surface area contributed by atoms with Gasteiger partial charge < -0.3 is 4.42 Å². The van der Waals surface area contributed by atoms with E-state index in [0.717, 1.165) is 0 Å². The zero-order valence-corrected chi connectivity index (χ0v) is 11.9. The third-order valence-electron chi connectivity index (χ3n) is 2.56. The number of hydrogen-bond acceptors (Lipinski definition) is 4. The third kappa shape index (κ3) is 3.50. The van der Waals surface area contributed by atoms with Crippen LogP contribution in [0.15, 0.2) is 52.2 Å². The molecule has 2 aromatic rings. The molecule has 0 unspecified atom stereocenters. The molecule has 4 nitrogen and oxygen atoms in total. The van der Waals surface area contributed by atoms with Gasteiger partial charge in [-0.3, -0.25) is 0 Å². The Morgan fingerprint density at radius 3 is 2.55 bits per heavy atom. The van der Waals surface area contributed by atoms with Gasteiger partial charge in [-0.15, -0.1) is 0 Å². The molecule has 102 valence electrons. The molecule has 0 bridgehead atoms. The number of allylic oxidation sites excluding steroid dienone is 1. The summed E-state index contributed by atoms with van der Waals surface area (Å²) in [5, 5.41) is 9.56. The fourth-order valence-corrected chi connectivity index (χ4v) is 2.95. The van der Waals surface area contributed by atoms with Gasteiger partial charge in [0.05, 0.1) is 18.3 Å². The van der Waals surface area contributed by atoms with Crippen molar-refractivity contribution in [3.8, 4) is 6.07 Å². The summed E-state index contributed by atoms with van der Waals surface area (Å²) in [5.74, 6) is -0.249. The normalized spacial score (nSPS) is 12.1. The van der Waals surface area contributed by atoms with Gasteiger partial charge in [-0.25, -0.2) is 8.42 Å². The summed E-state index contributed by atoms with van der Waals surface area (Å²) < 4.78 is 29.2. The van der Waals surface area contributed by atoms with Crippen LogP contribution in [0.4, 0.5) is 0 Å². The van der Waals surface area contributed by atoms with Crippen molar-refractivity contribution in [1.29, 1.82) is 5.26 Å². The number of rotatable bonds is 4. The first-order chi connectivity index (χ1) is 9.51. The van der Waals surface area contributed by atoms with Crippen molar-refractivity contribution in [2.24, 2.45) is 0 Å². The number of benzene rings is 1. The lowest BCUT2D eigenvalue weighted by atomic mass is 10.2. The van der Waals surface area contributed by atoms with Gasteiger partial charge in [0.15, 0.2) is 9.84 Å². The Hall–Kier alpha value is -2.03. The van der Waals surface area contributed by atoms with Gasteiger partial charge in [0.25, 0.3) is 0 Å². The average molecular weight is 308 g/mol. The van der Waals surface area contributed by atoms with Crippen LogP contribution in [0, 0.1) is 11.3 Å². The number of hydrogen-bond donors (Lipinski definition) is 0. The Bertz CT molecular complexity index is 754. The van der Waals surface area contributed by atoms with E-state index in [1.807, 2.05) is 0 Å². The van der Waals surface area contributed by atoms with Gasteiger partial charge in [-0.2, -0.15) is 5.26 Å². The first-order valence-electron chi connectivity index (χ1n) is 5.62. The molecule has 0 aliphatic heterocycles. The topological polar surface area (TPSA) is 71.1 Å². The van der Waals surface area contributed by atoms with Crippen LogP contribution in [0.5, 0.6) is 0 Å². The highest BCUT2D eigenvalue weighted by atomic mass is 35.5. The van der Waals surface area contributed by atoms with Crippen molar-refractivity contribution in [2.75, 3.05) is 0 Å². The van der Waals surface area contributed by atoms with E-state index in [2.05, 4.69) is 0 Å². The molecule has 0 amide bonds. The van der Waals surface area contributed by atoms with E-state index >= 15 is 0 Å². The summed E-state index contributed by atoms with van der Waals surface area (Å²) in [6, 6.07) is 9.75. The molecule has 1 aromatic heterocycles. The zero-order chi connectivity index (χ0) is 14.6. The summed E-state index contributed by atoms with van der Waals surface area (Å²) in [5.41, 5.74) is 1.10. The molecule has 0 atom stereocenters. The predicted octanol–water partition coefficient (Wildman–Crippen LogP) is 3.41. The van der Waals surface area contributed by atoms with Crippen LogP contribution in [0.3, 0.4) is 0 Å². The second-order valence-electron chi connectivity index (χ2n) is 4.06. The maximum Gasteiger partial charge on any atom is 0.192 e. The summed E-state index contributed by atoms with van der Waals surface area (Å²) in [6.45, 7) is 0. The van der Waals surface area contributed by atoms with E-state index in [9.17, 15) is 8.42 Å². The second kappa shape index (κ2) is 5.95. The van der Waals surface area contributed by atoms with E-state index in [4.69, 9.17) is 21.3 Å². The SMILES string of the molecule is N#C/C(=C\c1ccoc1)S(=O)(=O)Cc1ccc(Cl)cc1. The van der Waals surface area contributed by atoms with Crippen LogP contribution in [0.1, 0.15) is 11.1 Å². The van der Waals surface area contributed by atoms with Gasteiger partial charge in [0.1, 0.15) is 11.0 Å². The molecule has 20 heavy (non-hydrogen) atoms. The first kappa shape index (κ1) is 14.4. The molecule has 0 radical (unpaired) electrons. The van der Waals surface area contributed by atoms with Gasteiger partial charge in [0, 0.05) is 10.6 Å². The Morgan fingerprint density at radius 2 is 2.00 bits per heavy atom. The van der Waals surface area contributed by atoms with Crippen LogP contribution in [-0.2, 0) is 15.6 Å².